The van der Waals surface area contributed by atoms with Gasteiger partial charge in [0.05, 0.1) is 21.5 Å². The molecule has 0 saturated heterocycles. The predicted octanol–water partition coefficient (Wildman–Crippen LogP) is 7.51. The number of nitrogens with zero attached hydrogens (tertiary/aromatic N) is 2. The van der Waals surface area contributed by atoms with Crippen LogP contribution >= 0.6 is 0 Å². The molecule has 0 unspecified atom stereocenters. The molecule has 1 aromatic heterocycles. The highest BCUT2D eigenvalue weighted by Crippen LogP contribution is 2.39. The first-order chi connectivity index (χ1) is 15.7. The SMILES string of the molecule is O=[N+]([O-])c1ccc(-n2c3ccccc3c3c4ccccc4ccc32)cc1-c1ccccc1. The van der Waals surface area contributed by atoms with Crippen LogP contribution in [0, 0.1) is 10.1 Å². The molecule has 5 aromatic carbocycles. The highest BCUT2D eigenvalue weighted by Gasteiger charge is 2.19. The Morgan fingerprint density at radius 2 is 1.38 bits per heavy atom. The third kappa shape index (κ3) is 2.70. The predicted molar refractivity (Wildman–Crippen MR) is 130 cm³/mol. The molecule has 32 heavy (non-hydrogen) atoms. The molecule has 0 N–H and O–H groups in total. The molecular formula is C28H18N2O2. The second-order valence-electron chi connectivity index (χ2n) is 7.86. The van der Waals surface area contributed by atoms with Gasteiger partial charge in [0.15, 0.2) is 0 Å². The van der Waals surface area contributed by atoms with E-state index < -0.39 is 0 Å². The van der Waals surface area contributed by atoms with Crippen LogP contribution in [0.3, 0.4) is 0 Å². The summed E-state index contributed by atoms with van der Waals surface area (Å²) in [5.41, 5.74) is 4.60. The van der Waals surface area contributed by atoms with Crippen LogP contribution in [0.25, 0.3) is 49.4 Å². The van der Waals surface area contributed by atoms with Crippen LogP contribution < -0.4 is 0 Å². The van der Waals surface area contributed by atoms with Crippen molar-refractivity contribution in [1.29, 1.82) is 0 Å². The number of rotatable bonds is 3. The fourth-order valence-electron chi connectivity index (χ4n) is 4.69. The van der Waals surface area contributed by atoms with E-state index in [1.807, 2.05) is 48.5 Å². The monoisotopic (exact) mass is 414 g/mol. The van der Waals surface area contributed by atoms with E-state index in [1.54, 1.807) is 6.07 Å². The summed E-state index contributed by atoms with van der Waals surface area (Å²) in [6.07, 6.45) is 0. The Morgan fingerprint density at radius 1 is 0.656 bits per heavy atom. The maximum Gasteiger partial charge on any atom is 0.277 e. The number of fused-ring (bicyclic) bond motifs is 5. The molecule has 152 valence electrons. The molecule has 6 rings (SSSR count). The van der Waals surface area contributed by atoms with Crippen molar-refractivity contribution in [3.63, 3.8) is 0 Å². The minimum absolute atomic E-state index is 0.103. The van der Waals surface area contributed by atoms with Gasteiger partial charge in [-0.25, -0.2) is 0 Å². The van der Waals surface area contributed by atoms with Crippen molar-refractivity contribution in [2.24, 2.45) is 0 Å². The van der Waals surface area contributed by atoms with Gasteiger partial charge in [-0.15, -0.1) is 0 Å². The van der Waals surface area contributed by atoms with E-state index in [4.69, 9.17) is 0 Å². The van der Waals surface area contributed by atoms with E-state index in [2.05, 4.69) is 59.2 Å². The van der Waals surface area contributed by atoms with Gasteiger partial charge < -0.3 is 4.57 Å². The van der Waals surface area contributed by atoms with Gasteiger partial charge in [0.1, 0.15) is 0 Å². The van der Waals surface area contributed by atoms with E-state index in [-0.39, 0.29) is 10.6 Å². The third-order valence-corrected chi connectivity index (χ3v) is 6.08. The largest absolute Gasteiger partial charge is 0.309 e. The highest BCUT2D eigenvalue weighted by molar-refractivity contribution is 6.21. The lowest BCUT2D eigenvalue weighted by molar-refractivity contribution is -0.384. The topological polar surface area (TPSA) is 48.1 Å². The quantitative estimate of drug-likeness (QED) is 0.222. The van der Waals surface area contributed by atoms with Gasteiger partial charge in [0.25, 0.3) is 5.69 Å². The fraction of sp³-hybridized carbons (Fsp3) is 0. The number of hydrogen-bond donors (Lipinski definition) is 0. The van der Waals surface area contributed by atoms with Crippen molar-refractivity contribution in [2.75, 3.05) is 0 Å². The van der Waals surface area contributed by atoms with Crippen LogP contribution in [0.5, 0.6) is 0 Å². The van der Waals surface area contributed by atoms with Gasteiger partial charge in [0, 0.05) is 22.5 Å². The molecule has 4 heteroatoms. The number of para-hydroxylation sites is 1. The summed E-state index contributed by atoms with van der Waals surface area (Å²) >= 11 is 0. The van der Waals surface area contributed by atoms with Crippen molar-refractivity contribution < 1.29 is 4.92 Å². The molecule has 6 aromatic rings. The Kier molecular flexibility index (Phi) is 4.05. The molecule has 0 aliphatic rings. The summed E-state index contributed by atoms with van der Waals surface area (Å²) < 4.78 is 2.20. The zero-order valence-electron chi connectivity index (χ0n) is 17.1. The normalized spacial score (nSPS) is 11.4. The summed E-state index contributed by atoms with van der Waals surface area (Å²) in [5.74, 6) is 0. The first kappa shape index (κ1) is 18.3. The number of benzene rings is 5. The van der Waals surface area contributed by atoms with Crippen molar-refractivity contribution in [3.8, 4) is 16.8 Å². The number of aromatic nitrogens is 1. The average Bonchev–Trinajstić information content (AvgIpc) is 3.19. The molecule has 0 saturated carbocycles. The molecule has 0 fully saturated rings. The molecule has 0 amide bonds. The summed E-state index contributed by atoms with van der Waals surface area (Å²) in [5, 5.41) is 16.5. The van der Waals surface area contributed by atoms with Crippen molar-refractivity contribution in [2.45, 2.75) is 0 Å². The van der Waals surface area contributed by atoms with E-state index in [0.29, 0.717) is 5.56 Å². The Balaban J connectivity index is 1.72. The highest BCUT2D eigenvalue weighted by atomic mass is 16.6. The average molecular weight is 414 g/mol. The van der Waals surface area contributed by atoms with Gasteiger partial charge in [0.2, 0.25) is 0 Å². The van der Waals surface area contributed by atoms with Crippen LogP contribution in [0.2, 0.25) is 0 Å². The van der Waals surface area contributed by atoms with Gasteiger partial charge in [-0.1, -0.05) is 78.9 Å². The molecular weight excluding hydrogens is 396 g/mol. The van der Waals surface area contributed by atoms with E-state index in [9.17, 15) is 10.1 Å². The molecule has 0 aliphatic carbocycles. The smallest absolute Gasteiger partial charge is 0.277 e. The minimum Gasteiger partial charge on any atom is -0.309 e. The minimum atomic E-state index is -0.314. The Bertz CT molecular complexity index is 1650. The van der Waals surface area contributed by atoms with Gasteiger partial charge in [-0.3, -0.25) is 10.1 Å². The van der Waals surface area contributed by atoms with Crippen molar-refractivity contribution in [1.82, 2.24) is 4.57 Å². The standard InChI is InChI=1S/C28H18N2O2/c31-30(32)26-17-15-21(18-24(26)19-8-2-1-3-9-19)29-25-13-7-6-12-23(25)28-22-11-5-4-10-20(22)14-16-27(28)29/h1-18H. The van der Waals surface area contributed by atoms with Crippen LogP contribution in [0.1, 0.15) is 0 Å². The lowest BCUT2D eigenvalue weighted by Crippen LogP contribution is -1.98. The van der Waals surface area contributed by atoms with Crippen LogP contribution in [-0.2, 0) is 0 Å². The van der Waals surface area contributed by atoms with Gasteiger partial charge in [-0.2, -0.15) is 0 Å². The molecule has 0 radical (unpaired) electrons. The van der Waals surface area contributed by atoms with E-state index in [0.717, 1.165) is 22.3 Å². The Labute approximate surface area is 184 Å². The van der Waals surface area contributed by atoms with Crippen molar-refractivity contribution >= 4 is 38.3 Å². The second kappa shape index (κ2) is 7.06. The Hall–Kier alpha value is -4.44. The number of nitro groups is 1. The zero-order chi connectivity index (χ0) is 21.7. The molecule has 0 aliphatic heterocycles. The van der Waals surface area contributed by atoms with Crippen LogP contribution in [0.4, 0.5) is 5.69 Å². The summed E-state index contributed by atoms with van der Waals surface area (Å²) in [6.45, 7) is 0. The second-order valence-corrected chi connectivity index (χ2v) is 7.86. The van der Waals surface area contributed by atoms with Gasteiger partial charge in [-0.05, 0) is 40.6 Å². The van der Waals surface area contributed by atoms with Gasteiger partial charge >= 0.3 is 0 Å². The molecule has 0 bridgehead atoms. The fourth-order valence-corrected chi connectivity index (χ4v) is 4.69. The van der Waals surface area contributed by atoms with E-state index in [1.165, 1.54) is 21.5 Å². The van der Waals surface area contributed by atoms with Crippen LogP contribution in [-0.4, -0.2) is 9.49 Å². The summed E-state index contributed by atoms with van der Waals surface area (Å²) in [4.78, 5) is 11.4. The first-order valence-electron chi connectivity index (χ1n) is 10.5. The van der Waals surface area contributed by atoms with Crippen molar-refractivity contribution in [3.05, 3.63) is 119 Å². The molecule has 1 heterocycles. The summed E-state index contributed by atoms with van der Waals surface area (Å²) in [7, 11) is 0. The molecule has 0 atom stereocenters. The van der Waals surface area contributed by atoms with E-state index >= 15 is 0 Å². The maximum atomic E-state index is 11.8. The number of hydrogen-bond acceptors (Lipinski definition) is 2. The summed E-state index contributed by atoms with van der Waals surface area (Å²) in [6, 6.07) is 35.9. The lowest BCUT2D eigenvalue weighted by Gasteiger charge is -2.11. The molecule has 0 spiro atoms. The first-order valence-corrected chi connectivity index (χ1v) is 10.5. The Morgan fingerprint density at radius 3 is 2.19 bits per heavy atom. The molecule has 4 nitrogen and oxygen atoms in total. The maximum absolute atomic E-state index is 11.8. The lowest BCUT2D eigenvalue weighted by atomic mass is 10.0. The van der Waals surface area contributed by atoms with Crippen LogP contribution in [0.15, 0.2) is 109 Å². The third-order valence-electron chi connectivity index (χ3n) is 6.08. The zero-order valence-corrected chi connectivity index (χ0v) is 17.1. The number of nitro benzene ring substituents is 1.